The summed E-state index contributed by atoms with van der Waals surface area (Å²) in [5.41, 5.74) is 0.883. The van der Waals surface area contributed by atoms with Crippen molar-refractivity contribution in [2.24, 2.45) is 0 Å². The number of fused-ring (bicyclic) bond motifs is 1. The van der Waals surface area contributed by atoms with Gasteiger partial charge in [0, 0.05) is 32.2 Å². The molecule has 2 atom stereocenters. The lowest BCUT2D eigenvalue weighted by Gasteiger charge is -2.37. The summed E-state index contributed by atoms with van der Waals surface area (Å²) >= 11 is 0. The van der Waals surface area contributed by atoms with Gasteiger partial charge < -0.3 is 5.32 Å². The van der Waals surface area contributed by atoms with Crippen LogP contribution in [0.2, 0.25) is 0 Å². The summed E-state index contributed by atoms with van der Waals surface area (Å²) in [6.07, 6.45) is 0.956. The number of nitrogens with one attached hydrogen (secondary N) is 1. The molecule has 0 aliphatic carbocycles. The molecule has 1 N–H and O–H groups in total. The zero-order valence-corrected chi connectivity index (χ0v) is 14.2. The van der Waals surface area contributed by atoms with Crippen LogP contribution in [0.4, 0.5) is 0 Å². The largest absolute Gasteiger partial charge is 0.312 e. The molecule has 1 saturated heterocycles. The van der Waals surface area contributed by atoms with Crippen LogP contribution in [0.3, 0.4) is 0 Å². The minimum Gasteiger partial charge on any atom is -0.312 e. The summed E-state index contributed by atoms with van der Waals surface area (Å²) in [6.45, 7) is 10.0. The van der Waals surface area contributed by atoms with E-state index in [1.807, 2.05) is 35.8 Å². The number of para-hydroxylation sites is 1. The van der Waals surface area contributed by atoms with Crippen molar-refractivity contribution in [3.63, 3.8) is 0 Å². The molecule has 5 heteroatoms. The fourth-order valence-corrected chi connectivity index (χ4v) is 3.59. The zero-order valence-electron chi connectivity index (χ0n) is 14.2. The molecule has 0 bridgehead atoms. The maximum absolute atomic E-state index is 12.8. The monoisotopic (exact) mass is 314 g/mol. The van der Waals surface area contributed by atoms with Gasteiger partial charge in [0.15, 0.2) is 0 Å². The summed E-state index contributed by atoms with van der Waals surface area (Å²) in [6, 6.07) is 8.32. The second-order valence-corrected chi connectivity index (χ2v) is 6.31. The average molecular weight is 314 g/mol. The fourth-order valence-electron chi connectivity index (χ4n) is 3.59. The Hall–Kier alpha value is -1.72. The van der Waals surface area contributed by atoms with E-state index in [9.17, 15) is 4.79 Å². The van der Waals surface area contributed by atoms with Crippen LogP contribution >= 0.6 is 0 Å². The Morgan fingerprint density at radius 2 is 2.13 bits per heavy atom. The fraction of sp³-hybridized carbons (Fsp3) is 0.556. The minimum absolute atomic E-state index is 0.0785. The van der Waals surface area contributed by atoms with Crippen molar-refractivity contribution in [3.05, 3.63) is 40.4 Å². The predicted molar refractivity (Wildman–Crippen MR) is 93.7 cm³/mol. The zero-order chi connectivity index (χ0) is 16.4. The highest BCUT2D eigenvalue weighted by molar-refractivity contribution is 5.77. The highest BCUT2D eigenvalue weighted by Gasteiger charge is 2.27. The van der Waals surface area contributed by atoms with Crippen LogP contribution in [0.25, 0.3) is 10.9 Å². The van der Waals surface area contributed by atoms with Crippen molar-refractivity contribution < 1.29 is 0 Å². The van der Waals surface area contributed by atoms with Gasteiger partial charge in [-0.15, -0.1) is 0 Å². The van der Waals surface area contributed by atoms with Crippen molar-refractivity contribution >= 4 is 10.9 Å². The molecule has 3 rings (SSSR count). The van der Waals surface area contributed by atoms with Gasteiger partial charge in [-0.3, -0.25) is 14.3 Å². The Morgan fingerprint density at radius 1 is 1.35 bits per heavy atom. The van der Waals surface area contributed by atoms with E-state index in [-0.39, 0.29) is 11.6 Å². The summed E-state index contributed by atoms with van der Waals surface area (Å²) in [5.74, 6) is 0.910. The lowest BCUT2D eigenvalue weighted by Crippen LogP contribution is -2.51. The van der Waals surface area contributed by atoms with Crippen LogP contribution < -0.4 is 10.9 Å². The number of hydrogen-bond donors (Lipinski definition) is 1. The molecule has 1 aliphatic rings. The Kier molecular flexibility index (Phi) is 4.78. The van der Waals surface area contributed by atoms with Gasteiger partial charge in [0.1, 0.15) is 5.82 Å². The number of piperazine rings is 1. The lowest BCUT2D eigenvalue weighted by molar-refractivity contribution is 0.136. The average Bonchev–Trinajstić information content (AvgIpc) is 2.56. The molecule has 0 unspecified atom stereocenters. The maximum Gasteiger partial charge on any atom is 0.261 e. The maximum atomic E-state index is 12.8. The van der Waals surface area contributed by atoms with Gasteiger partial charge in [-0.05, 0) is 32.4 Å². The molecule has 5 nitrogen and oxygen atoms in total. The number of benzene rings is 1. The molecule has 1 fully saturated rings. The van der Waals surface area contributed by atoms with E-state index in [2.05, 4.69) is 24.1 Å². The Bertz CT molecular complexity index is 739. The molecule has 1 aromatic heterocycles. The van der Waals surface area contributed by atoms with Crippen LogP contribution in [-0.4, -0.2) is 40.1 Å². The summed E-state index contributed by atoms with van der Waals surface area (Å²) in [7, 11) is 0. The molecule has 2 heterocycles. The number of rotatable bonds is 4. The van der Waals surface area contributed by atoms with Gasteiger partial charge in [-0.25, -0.2) is 4.98 Å². The second-order valence-electron chi connectivity index (χ2n) is 6.31. The first-order valence-corrected chi connectivity index (χ1v) is 8.62. The minimum atomic E-state index is 0.0785. The van der Waals surface area contributed by atoms with Crippen molar-refractivity contribution in [3.8, 4) is 0 Å². The third-order valence-electron chi connectivity index (χ3n) is 4.73. The Balaban J connectivity index is 2.10. The number of aromatic nitrogens is 2. The molecule has 0 amide bonds. The molecule has 23 heavy (non-hydrogen) atoms. The van der Waals surface area contributed by atoms with Gasteiger partial charge in [0.05, 0.1) is 16.9 Å². The molecule has 0 radical (unpaired) electrons. The van der Waals surface area contributed by atoms with E-state index in [0.29, 0.717) is 18.0 Å². The molecule has 0 saturated carbocycles. The van der Waals surface area contributed by atoms with E-state index >= 15 is 0 Å². The van der Waals surface area contributed by atoms with Crippen LogP contribution in [0, 0.1) is 0 Å². The van der Waals surface area contributed by atoms with Crippen LogP contribution in [-0.2, 0) is 6.54 Å². The highest BCUT2D eigenvalue weighted by Crippen LogP contribution is 2.24. The summed E-state index contributed by atoms with van der Waals surface area (Å²) < 4.78 is 1.85. The Morgan fingerprint density at radius 3 is 2.83 bits per heavy atom. The van der Waals surface area contributed by atoms with E-state index in [0.717, 1.165) is 37.4 Å². The normalized spacial score (nSPS) is 20.7. The SMILES string of the molecule is CC[C@H](c1nc2ccccc2c(=O)n1CC)N1CCN[C@H](C)C1. The van der Waals surface area contributed by atoms with Crippen molar-refractivity contribution in [2.75, 3.05) is 19.6 Å². The van der Waals surface area contributed by atoms with Gasteiger partial charge in [0.2, 0.25) is 0 Å². The molecule has 124 valence electrons. The van der Waals surface area contributed by atoms with E-state index in [1.165, 1.54) is 0 Å². The first kappa shape index (κ1) is 16.1. The van der Waals surface area contributed by atoms with Gasteiger partial charge >= 0.3 is 0 Å². The molecule has 1 aliphatic heterocycles. The smallest absolute Gasteiger partial charge is 0.261 e. The van der Waals surface area contributed by atoms with Gasteiger partial charge in [-0.2, -0.15) is 0 Å². The van der Waals surface area contributed by atoms with Crippen molar-refractivity contribution in [1.82, 2.24) is 19.8 Å². The number of hydrogen-bond acceptors (Lipinski definition) is 4. The second kappa shape index (κ2) is 6.81. The molecular formula is C18H26N4O. The van der Waals surface area contributed by atoms with Crippen LogP contribution in [0.1, 0.15) is 39.1 Å². The summed E-state index contributed by atoms with van der Waals surface area (Å²) in [4.78, 5) is 20.2. The van der Waals surface area contributed by atoms with E-state index in [4.69, 9.17) is 4.98 Å². The third kappa shape index (κ3) is 3.03. The predicted octanol–water partition coefficient (Wildman–Crippen LogP) is 2.16. The standard InChI is InChI=1S/C18H26N4O/c1-4-16(21-11-10-19-13(3)12-21)17-20-15-9-7-6-8-14(15)18(23)22(17)5-2/h6-9,13,16,19H,4-5,10-12H2,1-3H3/t13-,16-/m1/s1. The van der Waals surface area contributed by atoms with Gasteiger partial charge in [-0.1, -0.05) is 19.1 Å². The first-order valence-electron chi connectivity index (χ1n) is 8.62. The van der Waals surface area contributed by atoms with Crippen LogP contribution in [0.15, 0.2) is 29.1 Å². The van der Waals surface area contributed by atoms with Crippen molar-refractivity contribution in [1.29, 1.82) is 0 Å². The molecule has 1 aromatic carbocycles. The van der Waals surface area contributed by atoms with E-state index in [1.54, 1.807) is 0 Å². The van der Waals surface area contributed by atoms with E-state index < -0.39 is 0 Å². The lowest BCUT2D eigenvalue weighted by atomic mass is 10.1. The third-order valence-corrected chi connectivity index (χ3v) is 4.73. The highest BCUT2D eigenvalue weighted by atomic mass is 16.1. The quantitative estimate of drug-likeness (QED) is 0.939. The van der Waals surface area contributed by atoms with Crippen molar-refractivity contribution in [2.45, 2.75) is 45.8 Å². The Labute approximate surface area is 137 Å². The van der Waals surface area contributed by atoms with Crippen LogP contribution in [0.5, 0.6) is 0 Å². The molecule has 0 spiro atoms. The number of nitrogens with zero attached hydrogens (tertiary/aromatic N) is 3. The van der Waals surface area contributed by atoms with Gasteiger partial charge in [0.25, 0.3) is 5.56 Å². The molecular weight excluding hydrogens is 288 g/mol. The topological polar surface area (TPSA) is 50.2 Å². The first-order chi connectivity index (χ1) is 11.2. The molecule has 2 aromatic rings. The summed E-state index contributed by atoms with van der Waals surface area (Å²) in [5, 5.41) is 4.19.